The van der Waals surface area contributed by atoms with Gasteiger partial charge < -0.3 is 9.52 Å². The molecule has 2 heterocycles. The Morgan fingerprint density at radius 2 is 1.79 bits per heavy atom. The molecule has 29 heavy (non-hydrogen) atoms. The highest BCUT2D eigenvalue weighted by Crippen LogP contribution is 2.33. The van der Waals surface area contributed by atoms with E-state index in [2.05, 4.69) is 5.43 Å². The van der Waals surface area contributed by atoms with Crippen LogP contribution < -0.4 is 15.5 Å². The van der Waals surface area contributed by atoms with Crippen LogP contribution in [-0.4, -0.2) is 16.7 Å². The third-order valence-corrected chi connectivity index (χ3v) is 4.26. The zero-order chi connectivity index (χ0) is 20.5. The molecule has 2 amide bonds. The highest BCUT2D eigenvalue weighted by molar-refractivity contribution is 6.31. The van der Waals surface area contributed by atoms with Gasteiger partial charge in [0.05, 0.1) is 10.6 Å². The van der Waals surface area contributed by atoms with Crippen molar-refractivity contribution in [2.45, 2.75) is 0 Å². The van der Waals surface area contributed by atoms with Crippen LogP contribution in [0, 0.1) is 10.1 Å². The lowest BCUT2D eigenvalue weighted by atomic mass is 10.1. The molecule has 3 aromatic rings. The lowest BCUT2D eigenvalue weighted by molar-refractivity contribution is -0.385. The quantitative estimate of drug-likeness (QED) is 0.315. The number of hydrogen-bond acceptors (Lipinski definition) is 6. The normalized spacial score (nSPS) is 15.0. The number of carbonyl (C=O) groups excluding carboxylic acids is 2. The molecule has 1 saturated heterocycles. The third-order valence-electron chi connectivity index (χ3n) is 4.26. The van der Waals surface area contributed by atoms with Gasteiger partial charge in [-0.25, -0.2) is 5.01 Å². The van der Waals surface area contributed by atoms with Crippen LogP contribution in [0.25, 0.3) is 17.4 Å². The average molecular weight is 390 g/mol. The fraction of sp³-hybridized carbons (Fsp3) is 0. The Hall–Kier alpha value is -4.40. The Labute approximate surface area is 163 Å². The fourth-order valence-electron chi connectivity index (χ4n) is 2.86. The zero-order valence-corrected chi connectivity index (χ0v) is 14.7. The number of nitro groups is 1. The van der Waals surface area contributed by atoms with Gasteiger partial charge in [0.2, 0.25) is 0 Å². The second-order valence-electron chi connectivity index (χ2n) is 6.11. The Morgan fingerprint density at radius 3 is 2.52 bits per heavy atom. The number of nitro benzene ring substituents is 1. The van der Waals surface area contributed by atoms with E-state index in [1.165, 1.54) is 18.2 Å². The molecule has 0 atom stereocenters. The van der Waals surface area contributed by atoms with Gasteiger partial charge in [0.1, 0.15) is 17.1 Å². The molecule has 0 spiro atoms. The van der Waals surface area contributed by atoms with Gasteiger partial charge in [0.15, 0.2) is 0 Å². The predicted octanol–water partition coefficient (Wildman–Crippen LogP) is 2.39. The van der Waals surface area contributed by atoms with Gasteiger partial charge in [-0.05, 0) is 30.3 Å². The molecule has 0 aliphatic carbocycles. The molecular weight excluding hydrogens is 378 g/mol. The van der Waals surface area contributed by atoms with Crippen molar-refractivity contribution >= 4 is 29.3 Å². The summed E-state index contributed by atoms with van der Waals surface area (Å²) < 4.78 is 5.54. The lowest BCUT2D eigenvalue weighted by Gasteiger charge is -2.13. The van der Waals surface area contributed by atoms with Crippen molar-refractivity contribution in [3.8, 4) is 17.1 Å². The maximum absolute atomic E-state index is 12.6. The highest BCUT2D eigenvalue weighted by atomic mass is 16.6. The summed E-state index contributed by atoms with van der Waals surface area (Å²) in [5.74, 6) is -1.36. The molecule has 1 aliphatic rings. The van der Waals surface area contributed by atoms with Crippen LogP contribution in [0.4, 0.5) is 11.4 Å². The molecule has 0 saturated carbocycles. The van der Waals surface area contributed by atoms with Crippen LogP contribution in [0.1, 0.15) is 5.76 Å². The Morgan fingerprint density at radius 1 is 1.03 bits per heavy atom. The molecule has 1 aromatic heterocycles. The number of rotatable bonds is 4. The lowest BCUT2D eigenvalue weighted by Crippen LogP contribution is -2.35. The fourth-order valence-corrected chi connectivity index (χ4v) is 2.86. The van der Waals surface area contributed by atoms with Crippen molar-refractivity contribution in [3.63, 3.8) is 0 Å². The SMILES string of the molecule is O=C1NN(c2ccccc2)C(=O)/C1=C\c1ccc(-c2cc([N+](=O)[O-])ccc2[O-])o1. The van der Waals surface area contributed by atoms with Gasteiger partial charge >= 0.3 is 0 Å². The summed E-state index contributed by atoms with van der Waals surface area (Å²) in [4.78, 5) is 35.1. The molecule has 1 fully saturated rings. The Kier molecular flexibility index (Phi) is 4.32. The average Bonchev–Trinajstić information content (AvgIpc) is 3.29. The van der Waals surface area contributed by atoms with Gasteiger partial charge in [-0.3, -0.25) is 25.1 Å². The molecule has 144 valence electrons. The highest BCUT2D eigenvalue weighted by Gasteiger charge is 2.34. The molecule has 4 rings (SSSR count). The molecule has 0 bridgehead atoms. The van der Waals surface area contributed by atoms with E-state index in [0.29, 0.717) is 5.69 Å². The van der Waals surface area contributed by atoms with Crippen LogP contribution in [0.2, 0.25) is 0 Å². The number of nitrogens with zero attached hydrogens (tertiary/aromatic N) is 2. The smallest absolute Gasteiger partial charge is 0.282 e. The van der Waals surface area contributed by atoms with Crippen LogP contribution in [0.5, 0.6) is 5.75 Å². The van der Waals surface area contributed by atoms with Gasteiger partial charge in [-0.1, -0.05) is 30.0 Å². The van der Waals surface area contributed by atoms with Crippen LogP contribution in [-0.2, 0) is 9.59 Å². The summed E-state index contributed by atoms with van der Waals surface area (Å²) >= 11 is 0. The molecule has 2 aromatic carbocycles. The summed E-state index contributed by atoms with van der Waals surface area (Å²) in [7, 11) is 0. The number of amides is 2. The summed E-state index contributed by atoms with van der Waals surface area (Å²) in [6, 6.07) is 14.8. The zero-order valence-electron chi connectivity index (χ0n) is 14.7. The maximum atomic E-state index is 12.6. The Bertz CT molecular complexity index is 1170. The molecule has 0 radical (unpaired) electrons. The van der Waals surface area contributed by atoms with Crippen molar-refractivity contribution in [3.05, 3.63) is 82.1 Å². The van der Waals surface area contributed by atoms with Crippen molar-refractivity contribution < 1.29 is 24.0 Å². The van der Waals surface area contributed by atoms with Gasteiger partial charge in [-0.2, -0.15) is 0 Å². The van der Waals surface area contributed by atoms with Crippen LogP contribution in [0.3, 0.4) is 0 Å². The standard InChI is InChI=1S/C20H13N3O6/c24-17-8-6-13(23(27)28)10-15(17)18-9-7-14(29-18)11-16-19(25)21-22(20(16)26)12-4-2-1-3-5-12/h1-11,24H,(H,21,25)/p-1/b16-11-. The second kappa shape index (κ2) is 6.97. The minimum Gasteiger partial charge on any atom is -0.872 e. The van der Waals surface area contributed by atoms with Crippen LogP contribution >= 0.6 is 0 Å². The number of non-ortho nitro benzene ring substituents is 1. The first-order valence-corrected chi connectivity index (χ1v) is 8.42. The summed E-state index contributed by atoms with van der Waals surface area (Å²) in [5, 5.41) is 24.1. The van der Waals surface area contributed by atoms with Gasteiger partial charge in [-0.15, -0.1) is 0 Å². The minimum absolute atomic E-state index is 0.0111. The number of para-hydroxylation sites is 1. The summed E-state index contributed by atoms with van der Waals surface area (Å²) in [5.41, 5.74) is 2.59. The molecule has 0 unspecified atom stereocenters. The second-order valence-corrected chi connectivity index (χ2v) is 6.11. The topological polar surface area (TPSA) is 129 Å². The summed E-state index contributed by atoms with van der Waals surface area (Å²) in [6.07, 6.45) is 1.26. The van der Waals surface area contributed by atoms with E-state index < -0.39 is 22.5 Å². The largest absolute Gasteiger partial charge is 0.872 e. The first-order valence-electron chi connectivity index (χ1n) is 8.42. The van der Waals surface area contributed by atoms with E-state index in [1.54, 1.807) is 30.3 Å². The van der Waals surface area contributed by atoms with E-state index >= 15 is 0 Å². The van der Waals surface area contributed by atoms with Crippen molar-refractivity contribution in [2.24, 2.45) is 0 Å². The van der Waals surface area contributed by atoms with Crippen molar-refractivity contribution in [1.29, 1.82) is 0 Å². The van der Waals surface area contributed by atoms with Gasteiger partial charge in [0.25, 0.3) is 17.5 Å². The molecule has 1 aliphatic heterocycles. The van der Waals surface area contributed by atoms with E-state index in [9.17, 15) is 24.8 Å². The Balaban J connectivity index is 1.65. The number of benzene rings is 2. The van der Waals surface area contributed by atoms with E-state index in [0.717, 1.165) is 23.2 Å². The first kappa shape index (κ1) is 18.0. The number of hydrogen-bond donors (Lipinski definition) is 1. The number of anilines is 1. The van der Waals surface area contributed by atoms with Crippen molar-refractivity contribution in [1.82, 2.24) is 5.43 Å². The number of carbonyl (C=O) groups is 2. The number of nitrogens with one attached hydrogen (secondary N) is 1. The predicted molar refractivity (Wildman–Crippen MR) is 100 cm³/mol. The van der Waals surface area contributed by atoms with E-state index in [1.807, 2.05) is 0 Å². The van der Waals surface area contributed by atoms with E-state index in [4.69, 9.17) is 4.42 Å². The number of hydrazine groups is 1. The van der Waals surface area contributed by atoms with Crippen LogP contribution in [0.15, 0.2) is 70.7 Å². The maximum Gasteiger partial charge on any atom is 0.282 e. The van der Waals surface area contributed by atoms with Crippen molar-refractivity contribution in [2.75, 3.05) is 5.01 Å². The van der Waals surface area contributed by atoms with Gasteiger partial charge in [0, 0.05) is 17.7 Å². The summed E-state index contributed by atoms with van der Waals surface area (Å²) in [6.45, 7) is 0. The monoisotopic (exact) mass is 390 g/mol. The third kappa shape index (κ3) is 3.32. The molecular formula is C20H12N3O6-. The van der Waals surface area contributed by atoms with E-state index in [-0.39, 0.29) is 28.3 Å². The molecule has 9 nitrogen and oxygen atoms in total. The first-order chi connectivity index (χ1) is 13.9. The molecule has 9 heteroatoms. The number of furan rings is 1. The molecule has 1 N–H and O–H groups in total. The minimum atomic E-state index is -0.617.